The predicted octanol–water partition coefficient (Wildman–Crippen LogP) is 3.82. The van der Waals surface area contributed by atoms with Gasteiger partial charge in [-0.05, 0) is 39.8 Å². The number of carbonyl (C=O) groups is 1. The average Bonchev–Trinajstić information content (AvgIpc) is 2.83. The molecule has 1 aromatic carbocycles. The number of benzene rings is 1. The maximum atomic E-state index is 13.2. The number of aromatic nitrogens is 2. The molecule has 5 nitrogen and oxygen atoms in total. The first kappa shape index (κ1) is 20.7. The van der Waals surface area contributed by atoms with Gasteiger partial charge >= 0.3 is 0 Å². The van der Waals surface area contributed by atoms with Gasteiger partial charge in [0.2, 0.25) is 0 Å². The van der Waals surface area contributed by atoms with E-state index in [1.807, 2.05) is 40.0 Å². The smallest absolute Gasteiger partial charge is 0.257 e. The van der Waals surface area contributed by atoms with Crippen LogP contribution in [0, 0.1) is 0 Å². The van der Waals surface area contributed by atoms with Gasteiger partial charge in [0, 0.05) is 31.4 Å². The molecule has 1 fully saturated rings. The summed E-state index contributed by atoms with van der Waals surface area (Å²) in [5.74, 6) is 0.0223. The Labute approximate surface area is 166 Å². The number of hydrogen-bond acceptors (Lipinski definition) is 3. The molecule has 0 unspecified atom stereocenters. The molecular weight excluding hydrogens is 371 g/mol. The van der Waals surface area contributed by atoms with E-state index in [2.05, 4.69) is 26.1 Å². The highest BCUT2D eigenvalue weighted by atomic mass is 35.5. The largest absolute Gasteiger partial charge is 0.337 e. The first-order valence-corrected chi connectivity index (χ1v) is 9.11. The molecule has 1 amide bonds. The molecule has 7 heteroatoms. The van der Waals surface area contributed by atoms with Gasteiger partial charge in [-0.3, -0.25) is 9.48 Å². The maximum absolute atomic E-state index is 13.2. The SMILES string of the molecule is CC(C)(C)n1cc(C(=O)N2CCCNCC2)c(-c2ccccc2Cl)n1.Cl. The van der Waals surface area contributed by atoms with Crippen molar-refractivity contribution in [3.8, 4) is 11.3 Å². The molecule has 0 radical (unpaired) electrons. The third-order valence-electron chi connectivity index (χ3n) is 4.39. The van der Waals surface area contributed by atoms with Gasteiger partial charge in [-0.15, -0.1) is 12.4 Å². The van der Waals surface area contributed by atoms with Crippen LogP contribution in [-0.4, -0.2) is 46.8 Å². The molecule has 1 aliphatic rings. The quantitative estimate of drug-likeness (QED) is 0.839. The Hall–Kier alpha value is -1.56. The van der Waals surface area contributed by atoms with Crippen molar-refractivity contribution in [3.05, 3.63) is 41.0 Å². The number of carbonyl (C=O) groups excluding carboxylic acids is 1. The minimum atomic E-state index is -0.213. The predicted molar refractivity (Wildman–Crippen MR) is 108 cm³/mol. The molecule has 1 saturated heterocycles. The van der Waals surface area contributed by atoms with Crippen molar-refractivity contribution >= 4 is 29.9 Å². The summed E-state index contributed by atoms with van der Waals surface area (Å²) in [6, 6.07) is 7.55. The number of rotatable bonds is 2. The van der Waals surface area contributed by atoms with E-state index < -0.39 is 0 Å². The lowest BCUT2D eigenvalue weighted by molar-refractivity contribution is 0.0767. The maximum Gasteiger partial charge on any atom is 0.257 e. The molecule has 0 atom stereocenters. The third kappa shape index (κ3) is 4.40. The van der Waals surface area contributed by atoms with E-state index in [1.165, 1.54) is 0 Å². The monoisotopic (exact) mass is 396 g/mol. The number of halogens is 2. The van der Waals surface area contributed by atoms with Crippen LogP contribution in [0.2, 0.25) is 5.02 Å². The molecule has 142 valence electrons. The van der Waals surface area contributed by atoms with Crippen molar-refractivity contribution in [2.45, 2.75) is 32.7 Å². The van der Waals surface area contributed by atoms with Gasteiger partial charge in [0.1, 0.15) is 5.69 Å². The van der Waals surface area contributed by atoms with Gasteiger partial charge in [-0.2, -0.15) is 5.10 Å². The van der Waals surface area contributed by atoms with E-state index in [0.29, 0.717) is 22.8 Å². The Morgan fingerprint density at radius 3 is 2.62 bits per heavy atom. The number of nitrogens with one attached hydrogen (secondary N) is 1. The molecule has 2 heterocycles. The van der Waals surface area contributed by atoms with Crippen LogP contribution in [0.4, 0.5) is 0 Å². The van der Waals surface area contributed by atoms with E-state index in [9.17, 15) is 4.79 Å². The molecule has 1 aliphatic heterocycles. The molecule has 1 aromatic heterocycles. The molecule has 0 bridgehead atoms. The van der Waals surface area contributed by atoms with Crippen LogP contribution >= 0.6 is 24.0 Å². The lowest BCUT2D eigenvalue weighted by atomic mass is 10.1. The van der Waals surface area contributed by atoms with Crippen LogP contribution in [0.15, 0.2) is 30.5 Å². The van der Waals surface area contributed by atoms with Gasteiger partial charge in [-0.25, -0.2) is 0 Å². The summed E-state index contributed by atoms with van der Waals surface area (Å²) in [4.78, 5) is 15.1. The minimum Gasteiger partial charge on any atom is -0.337 e. The number of hydrogen-bond donors (Lipinski definition) is 1. The van der Waals surface area contributed by atoms with E-state index in [4.69, 9.17) is 16.7 Å². The fourth-order valence-electron chi connectivity index (χ4n) is 2.95. The number of amides is 1. The molecule has 1 N–H and O–H groups in total. The zero-order chi connectivity index (χ0) is 18.0. The van der Waals surface area contributed by atoms with Crippen LogP contribution in [0.1, 0.15) is 37.6 Å². The summed E-state index contributed by atoms with van der Waals surface area (Å²) < 4.78 is 1.86. The Morgan fingerprint density at radius 1 is 1.19 bits per heavy atom. The number of nitrogens with zero attached hydrogens (tertiary/aromatic N) is 3. The summed E-state index contributed by atoms with van der Waals surface area (Å²) in [5.41, 5.74) is 1.85. The van der Waals surface area contributed by atoms with Crippen molar-refractivity contribution in [1.82, 2.24) is 20.0 Å². The Kier molecular flexibility index (Phi) is 6.72. The zero-order valence-corrected chi connectivity index (χ0v) is 17.0. The fraction of sp³-hybridized carbons (Fsp3) is 0.474. The molecule has 26 heavy (non-hydrogen) atoms. The van der Waals surface area contributed by atoms with E-state index >= 15 is 0 Å². The lowest BCUT2D eigenvalue weighted by Crippen LogP contribution is -2.34. The first-order valence-electron chi connectivity index (χ1n) is 8.73. The molecule has 0 saturated carbocycles. The summed E-state index contributed by atoms with van der Waals surface area (Å²) >= 11 is 6.39. The topological polar surface area (TPSA) is 50.2 Å². The van der Waals surface area contributed by atoms with Crippen molar-refractivity contribution in [2.24, 2.45) is 0 Å². The van der Waals surface area contributed by atoms with Crippen molar-refractivity contribution in [1.29, 1.82) is 0 Å². The van der Waals surface area contributed by atoms with Crippen LogP contribution in [-0.2, 0) is 5.54 Å². The zero-order valence-electron chi connectivity index (χ0n) is 15.5. The highest BCUT2D eigenvalue weighted by Gasteiger charge is 2.27. The Balaban J connectivity index is 0.00000243. The summed E-state index contributed by atoms with van der Waals surface area (Å²) in [6.45, 7) is 9.44. The summed E-state index contributed by atoms with van der Waals surface area (Å²) in [7, 11) is 0. The minimum absolute atomic E-state index is 0. The van der Waals surface area contributed by atoms with Crippen molar-refractivity contribution in [2.75, 3.05) is 26.2 Å². The average molecular weight is 397 g/mol. The van der Waals surface area contributed by atoms with Gasteiger partial charge in [0.15, 0.2) is 0 Å². The van der Waals surface area contributed by atoms with Crippen molar-refractivity contribution < 1.29 is 4.79 Å². The molecule has 2 aromatic rings. The van der Waals surface area contributed by atoms with Gasteiger partial charge in [0.25, 0.3) is 5.91 Å². The third-order valence-corrected chi connectivity index (χ3v) is 4.72. The summed E-state index contributed by atoms with van der Waals surface area (Å²) in [6.07, 6.45) is 2.82. The van der Waals surface area contributed by atoms with Crippen LogP contribution in [0.25, 0.3) is 11.3 Å². The highest BCUT2D eigenvalue weighted by Crippen LogP contribution is 2.31. The van der Waals surface area contributed by atoms with E-state index in [0.717, 1.165) is 31.6 Å². The normalized spacial score (nSPS) is 15.3. The Bertz CT molecular complexity index is 759. The van der Waals surface area contributed by atoms with Gasteiger partial charge in [0.05, 0.1) is 16.1 Å². The second-order valence-electron chi connectivity index (χ2n) is 7.38. The Morgan fingerprint density at radius 2 is 1.92 bits per heavy atom. The van der Waals surface area contributed by atoms with Crippen LogP contribution in [0.5, 0.6) is 0 Å². The fourth-order valence-corrected chi connectivity index (χ4v) is 3.17. The first-order chi connectivity index (χ1) is 11.9. The second kappa shape index (κ2) is 8.42. The van der Waals surface area contributed by atoms with Crippen molar-refractivity contribution in [3.63, 3.8) is 0 Å². The van der Waals surface area contributed by atoms with E-state index in [-0.39, 0.29) is 23.9 Å². The summed E-state index contributed by atoms with van der Waals surface area (Å²) in [5, 5.41) is 8.66. The molecule has 0 spiro atoms. The van der Waals surface area contributed by atoms with Gasteiger partial charge < -0.3 is 10.2 Å². The molecular formula is C19H26Cl2N4O. The highest BCUT2D eigenvalue weighted by molar-refractivity contribution is 6.33. The van der Waals surface area contributed by atoms with Crippen LogP contribution < -0.4 is 5.32 Å². The standard InChI is InChI=1S/C19H25ClN4O.ClH/c1-19(2,3)24-13-15(18(25)23-11-6-9-21-10-12-23)17(22-24)14-7-4-5-8-16(14)20;/h4-5,7-8,13,21H,6,9-12H2,1-3H3;1H. The molecule has 0 aliphatic carbocycles. The van der Waals surface area contributed by atoms with Crippen LogP contribution in [0.3, 0.4) is 0 Å². The second-order valence-corrected chi connectivity index (χ2v) is 7.79. The molecule has 3 rings (SSSR count). The lowest BCUT2D eigenvalue weighted by Gasteiger charge is -2.20. The van der Waals surface area contributed by atoms with Gasteiger partial charge in [-0.1, -0.05) is 29.8 Å². The van der Waals surface area contributed by atoms with E-state index in [1.54, 1.807) is 0 Å².